The van der Waals surface area contributed by atoms with Gasteiger partial charge in [0, 0.05) is 18.6 Å². The van der Waals surface area contributed by atoms with Crippen LogP contribution < -0.4 is 5.32 Å². The number of aliphatic hydroxyl groups excluding tert-OH is 1. The molecule has 2 rings (SSSR count). The first-order valence-corrected chi connectivity index (χ1v) is 7.69. The number of aromatic nitrogens is 1. The molecule has 6 heteroatoms. The minimum Gasteiger partial charge on any atom is -0.396 e. The first kappa shape index (κ1) is 15.4. The Morgan fingerprint density at radius 3 is 3.05 bits per heavy atom. The van der Waals surface area contributed by atoms with Gasteiger partial charge in [-0.25, -0.2) is 4.98 Å². The highest BCUT2D eigenvalue weighted by atomic mass is 32.1. The fraction of sp³-hybridized carbons (Fsp3) is 0.714. The summed E-state index contributed by atoms with van der Waals surface area (Å²) in [6.07, 6.45) is 2.91. The van der Waals surface area contributed by atoms with E-state index in [-0.39, 0.29) is 24.0 Å². The van der Waals surface area contributed by atoms with Gasteiger partial charge >= 0.3 is 0 Å². The number of thiazole rings is 1. The van der Waals surface area contributed by atoms with Gasteiger partial charge in [0.1, 0.15) is 9.88 Å². The van der Waals surface area contributed by atoms with Crippen LogP contribution in [0.5, 0.6) is 0 Å². The summed E-state index contributed by atoms with van der Waals surface area (Å²) < 4.78 is 5.04. The van der Waals surface area contributed by atoms with Crippen LogP contribution in [0.15, 0.2) is 0 Å². The molecule has 0 bridgehead atoms. The third-order valence-corrected chi connectivity index (χ3v) is 5.19. The van der Waals surface area contributed by atoms with Crippen LogP contribution >= 0.6 is 11.3 Å². The second-order valence-corrected chi connectivity index (χ2v) is 6.77. The second kappa shape index (κ2) is 6.20. The summed E-state index contributed by atoms with van der Waals surface area (Å²) in [7, 11) is 1.61. The van der Waals surface area contributed by atoms with Gasteiger partial charge in [-0.05, 0) is 19.8 Å². The Morgan fingerprint density at radius 1 is 1.65 bits per heavy atom. The number of aryl methyl sites for hydroxylation is 1. The number of hydrogen-bond acceptors (Lipinski definition) is 5. The molecule has 0 spiro atoms. The summed E-state index contributed by atoms with van der Waals surface area (Å²) in [5.74, 6) is -0.0890. The topological polar surface area (TPSA) is 71.5 Å². The lowest BCUT2D eigenvalue weighted by Crippen LogP contribution is -2.44. The van der Waals surface area contributed by atoms with Gasteiger partial charge in [-0.2, -0.15) is 0 Å². The molecule has 2 atom stereocenters. The minimum atomic E-state index is -0.205. The van der Waals surface area contributed by atoms with Gasteiger partial charge in [-0.1, -0.05) is 13.3 Å². The number of nitrogens with one attached hydrogen (secondary N) is 1. The van der Waals surface area contributed by atoms with Crippen molar-refractivity contribution in [3.05, 3.63) is 15.6 Å². The number of rotatable bonds is 5. The standard InChI is InChI=1S/C14H22N2O3S/c1-9-12(20-11(15-9)7-19-3)13(18)16-10-5-4-6-14(10,2)8-17/h10,17H,4-8H2,1-3H3,(H,16,18). The summed E-state index contributed by atoms with van der Waals surface area (Å²) in [6, 6.07) is 0.0346. The third-order valence-electron chi connectivity index (χ3n) is 4.06. The molecule has 2 unspecified atom stereocenters. The average molecular weight is 298 g/mol. The van der Waals surface area contributed by atoms with Crippen LogP contribution in [-0.2, 0) is 11.3 Å². The molecule has 1 aromatic rings. The quantitative estimate of drug-likeness (QED) is 0.870. The molecule has 0 aromatic carbocycles. The zero-order chi connectivity index (χ0) is 14.8. The lowest BCUT2D eigenvalue weighted by Gasteiger charge is -2.29. The molecule has 1 heterocycles. The summed E-state index contributed by atoms with van der Waals surface area (Å²) in [5.41, 5.74) is 0.534. The molecule has 1 aromatic heterocycles. The average Bonchev–Trinajstić information content (AvgIpc) is 2.95. The van der Waals surface area contributed by atoms with Crippen molar-refractivity contribution in [2.75, 3.05) is 13.7 Å². The Labute approximate surface area is 123 Å². The summed E-state index contributed by atoms with van der Waals surface area (Å²) in [4.78, 5) is 17.4. The molecule has 1 saturated carbocycles. The number of carbonyl (C=O) groups excluding carboxylic acids is 1. The van der Waals surface area contributed by atoms with Crippen LogP contribution in [0.2, 0.25) is 0 Å². The fourth-order valence-corrected chi connectivity index (χ4v) is 3.68. The van der Waals surface area contributed by atoms with Crippen LogP contribution in [0.4, 0.5) is 0 Å². The molecule has 2 N–H and O–H groups in total. The van der Waals surface area contributed by atoms with Crippen molar-refractivity contribution < 1.29 is 14.6 Å². The highest BCUT2D eigenvalue weighted by molar-refractivity contribution is 7.13. The normalized spacial score (nSPS) is 25.9. The van der Waals surface area contributed by atoms with E-state index in [0.29, 0.717) is 11.5 Å². The molecule has 0 radical (unpaired) electrons. The predicted molar refractivity (Wildman–Crippen MR) is 77.9 cm³/mol. The van der Waals surface area contributed by atoms with E-state index in [1.54, 1.807) is 7.11 Å². The smallest absolute Gasteiger partial charge is 0.263 e. The van der Waals surface area contributed by atoms with E-state index in [4.69, 9.17) is 4.74 Å². The maximum absolute atomic E-state index is 12.4. The van der Waals surface area contributed by atoms with Crippen LogP contribution in [0.3, 0.4) is 0 Å². The van der Waals surface area contributed by atoms with Crippen LogP contribution in [-0.4, -0.2) is 35.8 Å². The van der Waals surface area contributed by atoms with Crippen LogP contribution in [0.25, 0.3) is 0 Å². The lowest BCUT2D eigenvalue weighted by atomic mass is 9.86. The van der Waals surface area contributed by atoms with Gasteiger partial charge in [0.05, 0.1) is 18.9 Å². The van der Waals surface area contributed by atoms with Gasteiger partial charge in [0.15, 0.2) is 0 Å². The summed E-state index contributed by atoms with van der Waals surface area (Å²) >= 11 is 1.37. The Balaban J connectivity index is 2.08. The molecule has 1 aliphatic carbocycles. The first-order chi connectivity index (χ1) is 9.50. The Hall–Kier alpha value is -0.980. The SMILES string of the molecule is COCc1nc(C)c(C(=O)NC2CCCC2(C)CO)s1. The highest BCUT2D eigenvalue weighted by Gasteiger charge is 2.39. The minimum absolute atomic E-state index is 0.0346. The predicted octanol–water partition coefficient (Wildman–Crippen LogP) is 1.88. The maximum atomic E-state index is 12.4. The zero-order valence-corrected chi connectivity index (χ0v) is 13.0. The Morgan fingerprint density at radius 2 is 2.40 bits per heavy atom. The molecule has 5 nitrogen and oxygen atoms in total. The molecule has 20 heavy (non-hydrogen) atoms. The van der Waals surface area contributed by atoms with E-state index in [1.807, 2.05) is 13.8 Å². The molecule has 1 amide bonds. The van der Waals surface area contributed by atoms with Crippen LogP contribution in [0.1, 0.15) is 46.6 Å². The van der Waals surface area contributed by atoms with Crippen molar-refractivity contribution in [2.45, 2.75) is 45.8 Å². The number of ether oxygens (including phenoxy) is 1. The van der Waals surface area contributed by atoms with Crippen LogP contribution in [0, 0.1) is 12.3 Å². The van der Waals surface area contributed by atoms with Crippen molar-refractivity contribution >= 4 is 17.2 Å². The molecule has 0 aliphatic heterocycles. The van der Waals surface area contributed by atoms with Gasteiger partial charge in [0.2, 0.25) is 0 Å². The number of hydrogen-bond donors (Lipinski definition) is 2. The summed E-state index contributed by atoms with van der Waals surface area (Å²) in [5, 5.41) is 13.4. The van der Waals surface area contributed by atoms with Crippen molar-refractivity contribution in [2.24, 2.45) is 5.41 Å². The number of carbonyl (C=O) groups is 1. The van der Waals surface area contributed by atoms with Crippen molar-refractivity contribution in [1.82, 2.24) is 10.3 Å². The second-order valence-electron chi connectivity index (χ2n) is 5.69. The van der Waals surface area contributed by atoms with Gasteiger partial charge in [-0.15, -0.1) is 11.3 Å². The molecule has 1 fully saturated rings. The molecule has 0 saturated heterocycles. The van der Waals surface area contributed by atoms with Gasteiger partial charge in [-0.3, -0.25) is 4.79 Å². The number of amides is 1. The van der Waals surface area contributed by atoms with Crippen molar-refractivity contribution in [3.8, 4) is 0 Å². The fourth-order valence-electron chi connectivity index (χ4n) is 2.74. The van der Waals surface area contributed by atoms with E-state index >= 15 is 0 Å². The highest BCUT2D eigenvalue weighted by Crippen LogP contribution is 2.37. The molecule has 112 valence electrons. The molecule has 1 aliphatic rings. The molecular weight excluding hydrogens is 276 g/mol. The third kappa shape index (κ3) is 3.02. The molecular formula is C14H22N2O3S. The summed E-state index contributed by atoms with van der Waals surface area (Å²) in [6.45, 7) is 4.40. The van der Waals surface area contributed by atoms with Crippen molar-refractivity contribution in [1.29, 1.82) is 0 Å². The van der Waals surface area contributed by atoms with E-state index in [9.17, 15) is 9.90 Å². The van der Waals surface area contributed by atoms with E-state index in [2.05, 4.69) is 10.3 Å². The lowest BCUT2D eigenvalue weighted by molar-refractivity contribution is 0.0833. The van der Waals surface area contributed by atoms with E-state index in [1.165, 1.54) is 11.3 Å². The number of nitrogens with zero attached hydrogens (tertiary/aromatic N) is 1. The Kier molecular flexibility index (Phi) is 4.78. The Bertz CT molecular complexity index is 489. The zero-order valence-electron chi connectivity index (χ0n) is 12.2. The van der Waals surface area contributed by atoms with Crippen molar-refractivity contribution in [3.63, 3.8) is 0 Å². The van der Waals surface area contributed by atoms with Gasteiger partial charge in [0.25, 0.3) is 5.91 Å². The number of methoxy groups -OCH3 is 1. The van der Waals surface area contributed by atoms with Gasteiger partial charge < -0.3 is 15.2 Å². The van der Waals surface area contributed by atoms with E-state index < -0.39 is 0 Å². The monoisotopic (exact) mass is 298 g/mol. The maximum Gasteiger partial charge on any atom is 0.263 e. The largest absolute Gasteiger partial charge is 0.396 e. The first-order valence-electron chi connectivity index (χ1n) is 6.87. The van der Waals surface area contributed by atoms with E-state index in [0.717, 1.165) is 30.0 Å². The number of aliphatic hydroxyl groups is 1.